The predicted octanol–water partition coefficient (Wildman–Crippen LogP) is 3.18. The first-order valence-electron chi connectivity index (χ1n) is 9.01. The van der Waals surface area contributed by atoms with Gasteiger partial charge >= 0.3 is 5.63 Å². The highest BCUT2D eigenvalue weighted by Crippen LogP contribution is 2.16. The van der Waals surface area contributed by atoms with E-state index in [0.29, 0.717) is 21.8 Å². The molecule has 8 heteroatoms. The first-order chi connectivity index (χ1) is 13.8. The van der Waals surface area contributed by atoms with E-state index in [9.17, 15) is 14.4 Å². The van der Waals surface area contributed by atoms with Crippen molar-refractivity contribution in [1.82, 2.24) is 9.88 Å². The zero-order valence-electron chi connectivity index (χ0n) is 16.1. The number of benzene rings is 2. The Bertz CT molecular complexity index is 1110. The van der Waals surface area contributed by atoms with Gasteiger partial charge in [-0.15, -0.1) is 0 Å². The molecule has 3 aromatic rings. The maximum absolute atomic E-state index is 12.3. The SMILES string of the molecule is Cc1ccc(NC(=O)CN(C)C(=O)CCc2nc3cc(Cl)ccc3oc2=O)cc1. The minimum atomic E-state index is -0.590. The van der Waals surface area contributed by atoms with Crippen LogP contribution in [0.2, 0.25) is 5.02 Å². The molecule has 0 aliphatic carbocycles. The summed E-state index contributed by atoms with van der Waals surface area (Å²) in [5.41, 5.74) is 2.09. The topological polar surface area (TPSA) is 92.5 Å². The standard InChI is InChI=1S/C21H20ClN3O4/c1-13-3-6-15(7-4-13)23-19(26)12-25(2)20(27)10-8-16-21(28)29-18-9-5-14(22)11-17(18)24-16/h3-7,9,11H,8,10,12H2,1-2H3,(H,23,26). The summed E-state index contributed by atoms with van der Waals surface area (Å²) >= 11 is 5.94. The monoisotopic (exact) mass is 413 g/mol. The zero-order chi connectivity index (χ0) is 21.0. The number of amides is 2. The molecule has 1 heterocycles. The number of rotatable bonds is 6. The van der Waals surface area contributed by atoms with Crippen molar-refractivity contribution in [1.29, 1.82) is 0 Å². The van der Waals surface area contributed by atoms with E-state index in [1.807, 2.05) is 19.1 Å². The van der Waals surface area contributed by atoms with Crippen LogP contribution in [0.4, 0.5) is 5.69 Å². The van der Waals surface area contributed by atoms with Crippen LogP contribution in [0.1, 0.15) is 17.7 Å². The third-order valence-corrected chi connectivity index (χ3v) is 4.57. The van der Waals surface area contributed by atoms with Crippen molar-refractivity contribution >= 4 is 40.2 Å². The van der Waals surface area contributed by atoms with Crippen LogP contribution in [0, 0.1) is 6.92 Å². The van der Waals surface area contributed by atoms with Gasteiger partial charge in [0.15, 0.2) is 5.58 Å². The molecule has 0 unspecified atom stereocenters. The molecule has 2 amide bonds. The van der Waals surface area contributed by atoms with Crippen LogP contribution in [0.5, 0.6) is 0 Å². The predicted molar refractivity (Wildman–Crippen MR) is 111 cm³/mol. The van der Waals surface area contributed by atoms with Gasteiger partial charge in [-0.05, 0) is 37.3 Å². The smallest absolute Gasteiger partial charge is 0.358 e. The zero-order valence-corrected chi connectivity index (χ0v) is 16.8. The summed E-state index contributed by atoms with van der Waals surface area (Å²) in [7, 11) is 1.53. The number of hydrogen-bond acceptors (Lipinski definition) is 5. The number of anilines is 1. The van der Waals surface area contributed by atoms with Crippen molar-refractivity contribution < 1.29 is 14.0 Å². The van der Waals surface area contributed by atoms with Crippen molar-refractivity contribution in [2.24, 2.45) is 0 Å². The largest absolute Gasteiger partial charge is 0.420 e. The molecule has 29 heavy (non-hydrogen) atoms. The van der Waals surface area contributed by atoms with E-state index in [1.54, 1.807) is 30.3 Å². The second-order valence-corrected chi connectivity index (χ2v) is 7.16. The number of hydrogen-bond donors (Lipinski definition) is 1. The number of fused-ring (bicyclic) bond motifs is 1. The number of carbonyl (C=O) groups excluding carboxylic acids is 2. The molecule has 0 spiro atoms. The van der Waals surface area contributed by atoms with Gasteiger partial charge in [-0.3, -0.25) is 9.59 Å². The molecular formula is C21H20ClN3O4. The molecule has 0 bridgehead atoms. The van der Waals surface area contributed by atoms with Crippen molar-refractivity contribution in [3.63, 3.8) is 0 Å². The van der Waals surface area contributed by atoms with Crippen LogP contribution in [0.25, 0.3) is 11.1 Å². The minimum Gasteiger partial charge on any atom is -0.420 e. The number of likely N-dealkylation sites (N-methyl/N-ethyl adjacent to an activating group) is 1. The van der Waals surface area contributed by atoms with Crippen LogP contribution in [0.15, 0.2) is 51.7 Å². The van der Waals surface area contributed by atoms with Crippen LogP contribution in [-0.2, 0) is 16.0 Å². The lowest BCUT2D eigenvalue weighted by Gasteiger charge is -2.16. The maximum Gasteiger partial charge on any atom is 0.358 e. The normalized spacial score (nSPS) is 10.7. The quantitative estimate of drug-likeness (QED) is 0.670. The number of nitrogens with zero attached hydrogens (tertiary/aromatic N) is 2. The molecule has 1 N–H and O–H groups in total. The van der Waals surface area contributed by atoms with E-state index in [1.165, 1.54) is 11.9 Å². The molecule has 150 valence electrons. The highest BCUT2D eigenvalue weighted by atomic mass is 35.5. The lowest BCUT2D eigenvalue weighted by atomic mass is 10.2. The third kappa shape index (κ3) is 5.42. The Morgan fingerprint density at radius 2 is 1.90 bits per heavy atom. The lowest BCUT2D eigenvalue weighted by Crippen LogP contribution is -2.35. The Hall–Kier alpha value is -3.19. The fourth-order valence-corrected chi connectivity index (χ4v) is 2.90. The van der Waals surface area contributed by atoms with Gasteiger partial charge in [0.05, 0.1) is 6.54 Å². The second-order valence-electron chi connectivity index (χ2n) is 6.72. The fraction of sp³-hybridized carbons (Fsp3) is 0.238. The van der Waals surface area contributed by atoms with Crippen LogP contribution < -0.4 is 10.9 Å². The van der Waals surface area contributed by atoms with E-state index in [0.717, 1.165) is 5.56 Å². The van der Waals surface area contributed by atoms with Crippen molar-refractivity contribution in [2.75, 3.05) is 18.9 Å². The first kappa shape index (κ1) is 20.5. The number of halogens is 1. The van der Waals surface area contributed by atoms with E-state index >= 15 is 0 Å². The van der Waals surface area contributed by atoms with Gasteiger partial charge in [0.25, 0.3) is 0 Å². The Morgan fingerprint density at radius 3 is 2.62 bits per heavy atom. The Balaban J connectivity index is 1.57. The highest BCUT2D eigenvalue weighted by molar-refractivity contribution is 6.31. The lowest BCUT2D eigenvalue weighted by molar-refractivity contribution is -0.133. The average Bonchev–Trinajstić information content (AvgIpc) is 2.68. The molecular weight excluding hydrogens is 394 g/mol. The molecule has 0 fully saturated rings. The summed E-state index contributed by atoms with van der Waals surface area (Å²) in [6, 6.07) is 12.1. The molecule has 0 saturated carbocycles. The molecule has 2 aromatic carbocycles. The number of aryl methyl sites for hydroxylation is 2. The minimum absolute atomic E-state index is 0.0259. The maximum atomic E-state index is 12.3. The van der Waals surface area contributed by atoms with Crippen LogP contribution in [-0.4, -0.2) is 35.3 Å². The van der Waals surface area contributed by atoms with Crippen LogP contribution >= 0.6 is 11.6 Å². The molecule has 0 saturated heterocycles. The van der Waals surface area contributed by atoms with Gasteiger partial charge in [-0.25, -0.2) is 9.78 Å². The molecule has 3 rings (SSSR count). The summed E-state index contributed by atoms with van der Waals surface area (Å²) in [4.78, 5) is 42.1. The number of carbonyl (C=O) groups is 2. The van der Waals surface area contributed by atoms with E-state index < -0.39 is 5.63 Å². The Morgan fingerprint density at radius 1 is 1.17 bits per heavy atom. The summed E-state index contributed by atoms with van der Waals surface area (Å²) in [5.74, 6) is -0.584. The molecule has 1 aromatic heterocycles. The number of nitrogens with one attached hydrogen (secondary N) is 1. The van der Waals surface area contributed by atoms with Gasteiger partial charge in [0, 0.05) is 30.6 Å². The van der Waals surface area contributed by atoms with E-state index in [2.05, 4.69) is 10.3 Å². The van der Waals surface area contributed by atoms with Crippen molar-refractivity contribution in [3.05, 3.63) is 69.2 Å². The van der Waals surface area contributed by atoms with Gasteiger partial charge in [-0.2, -0.15) is 0 Å². The average molecular weight is 414 g/mol. The molecule has 7 nitrogen and oxygen atoms in total. The van der Waals surface area contributed by atoms with Gasteiger partial charge in [-0.1, -0.05) is 29.3 Å². The van der Waals surface area contributed by atoms with Gasteiger partial charge in [0.2, 0.25) is 11.8 Å². The summed E-state index contributed by atoms with van der Waals surface area (Å²) in [5, 5.41) is 3.21. The first-order valence-corrected chi connectivity index (χ1v) is 9.39. The van der Waals surface area contributed by atoms with Crippen molar-refractivity contribution in [2.45, 2.75) is 19.8 Å². The fourth-order valence-electron chi connectivity index (χ4n) is 2.73. The summed E-state index contributed by atoms with van der Waals surface area (Å²) in [6.45, 7) is 1.86. The molecule has 0 aliphatic rings. The molecule has 0 atom stereocenters. The van der Waals surface area contributed by atoms with E-state index in [-0.39, 0.29) is 36.9 Å². The van der Waals surface area contributed by atoms with Gasteiger partial charge in [0.1, 0.15) is 11.2 Å². The number of aromatic nitrogens is 1. The Labute approximate surface area is 172 Å². The summed E-state index contributed by atoms with van der Waals surface area (Å²) in [6.07, 6.45) is 0.131. The van der Waals surface area contributed by atoms with E-state index in [4.69, 9.17) is 16.0 Å². The summed E-state index contributed by atoms with van der Waals surface area (Å²) < 4.78 is 5.21. The second kappa shape index (κ2) is 8.87. The molecule has 0 aliphatic heterocycles. The highest BCUT2D eigenvalue weighted by Gasteiger charge is 2.15. The Kier molecular flexibility index (Phi) is 6.29. The van der Waals surface area contributed by atoms with Crippen molar-refractivity contribution in [3.8, 4) is 0 Å². The molecule has 0 radical (unpaired) electrons. The third-order valence-electron chi connectivity index (χ3n) is 4.33. The van der Waals surface area contributed by atoms with Gasteiger partial charge < -0.3 is 14.6 Å². The van der Waals surface area contributed by atoms with Crippen LogP contribution in [0.3, 0.4) is 0 Å².